The monoisotopic (exact) mass is 478 g/mol. The molecule has 2 aliphatic heterocycles. The SMILES string of the molecule is CCOC(=O)C1=C(C)CSC2=C(C(=O)OCc3ccccc3)CC(NC(=O)CCl)C(=O)N21. The molecule has 3 rings (SSSR count). The largest absolute Gasteiger partial charge is 0.461 e. The summed E-state index contributed by atoms with van der Waals surface area (Å²) in [5, 5.41) is 2.85. The van der Waals surface area contributed by atoms with Crippen LogP contribution in [0.2, 0.25) is 0 Å². The summed E-state index contributed by atoms with van der Waals surface area (Å²) in [7, 11) is 0. The van der Waals surface area contributed by atoms with Crippen LogP contribution in [0.3, 0.4) is 0 Å². The van der Waals surface area contributed by atoms with Gasteiger partial charge in [0.1, 0.15) is 24.2 Å². The number of nitrogens with one attached hydrogen (secondary N) is 1. The van der Waals surface area contributed by atoms with Crippen molar-refractivity contribution in [3.63, 3.8) is 0 Å². The minimum atomic E-state index is -1.07. The van der Waals surface area contributed by atoms with Gasteiger partial charge in [-0.05, 0) is 25.0 Å². The number of amides is 2. The zero-order valence-electron chi connectivity index (χ0n) is 17.7. The van der Waals surface area contributed by atoms with Gasteiger partial charge >= 0.3 is 11.9 Å². The molecule has 8 nitrogen and oxygen atoms in total. The van der Waals surface area contributed by atoms with Crippen LogP contribution in [0.25, 0.3) is 0 Å². The molecule has 0 bridgehead atoms. The van der Waals surface area contributed by atoms with Gasteiger partial charge in [0.25, 0.3) is 5.91 Å². The number of carbonyl (C=O) groups excluding carboxylic acids is 4. The number of rotatable bonds is 7. The molecule has 1 aromatic carbocycles. The van der Waals surface area contributed by atoms with E-state index >= 15 is 0 Å². The second kappa shape index (κ2) is 10.7. The van der Waals surface area contributed by atoms with Gasteiger partial charge in [0.15, 0.2) is 0 Å². The van der Waals surface area contributed by atoms with Gasteiger partial charge in [-0.1, -0.05) is 30.3 Å². The van der Waals surface area contributed by atoms with Crippen molar-refractivity contribution in [3.05, 3.63) is 57.8 Å². The number of hydrogen-bond acceptors (Lipinski definition) is 7. The molecular formula is C22H23ClN2O6S. The molecule has 1 atom stereocenters. The van der Waals surface area contributed by atoms with Crippen molar-refractivity contribution in [2.75, 3.05) is 18.2 Å². The predicted octanol–water partition coefficient (Wildman–Crippen LogP) is 2.48. The molecule has 1 unspecified atom stereocenters. The molecule has 0 saturated carbocycles. The summed E-state index contributed by atoms with van der Waals surface area (Å²) in [4.78, 5) is 52.0. The van der Waals surface area contributed by atoms with Crippen molar-refractivity contribution in [2.24, 2.45) is 0 Å². The minimum Gasteiger partial charge on any atom is -0.461 e. The van der Waals surface area contributed by atoms with Crippen LogP contribution in [0.15, 0.2) is 52.2 Å². The number of ether oxygens (including phenoxy) is 2. The van der Waals surface area contributed by atoms with Crippen LogP contribution in [-0.4, -0.2) is 52.9 Å². The third-order valence-corrected chi connectivity index (χ3v) is 6.35. The van der Waals surface area contributed by atoms with Crippen molar-refractivity contribution in [1.82, 2.24) is 10.2 Å². The van der Waals surface area contributed by atoms with Crippen LogP contribution in [0.1, 0.15) is 25.8 Å². The molecule has 1 aromatic rings. The van der Waals surface area contributed by atoms with Crippen LogP contribution < -0.4 is 5.32 Å². The van der Waals surface area contributed by atoms with Crippen molar-refractivity contribution in [3.8, 4) is 0 Å². The van der Waals surface area contributed by atoms with Crippen molar-refractivity contribution < 1.29 is 28.7 Å². The van der Waals surface area contributed by atoms with Gasteiger partial charge in [-0.25, -0.2) is 9.59 Å². The van der Waals surface area contributed by atoms with Gasteiger partial charge < -0.3 is 14.8 Å². The second-order valence-electron chi connectivity index (χ2n) is 7.12. The van der Waals surface area contributed by atoms with Crippen molar-refractivity contribution in [2.45, 2.75) is 32.9 Å². The van der Waals surface area contributed by atoms with E-state index in [9.17, 15) is 19.2 Å². The Labute approximate surface area is 194 Å². The Morgan fingerprint density at radius 3 is 2.56 bits per heavy atom. The molecule has 0 spiro atoms. The van der Waals surface area contributed by atoms with Gasteiger partial charge in [0.05, 0.1) is 17.2 Å². The quantitative estimate of drug-likeness (QED) is 0.474. The van der Waals surface area contributed by atoms with E-state index in [2.05, 4.69) is 5.32 Å². The molecule has 0 fully saturated rings. The first-order chi connectivity index (χ1) is 15.4. The molecule has 2 aliphatic rings. The summed E-state index contributed by atoms with van der Waals surface area (Å²) in [5.41, 5.74) is 1.71. The number of alkyl halides is 1. The van der Waals surface area contributed by atoms with Gasteiger partial charge in [0.2, 0.25) is 5.91 Å². The number of halogens is 1. The van der Waals surface area contributed by atoms with E-state index in [0.717, 1.165) is 5.56 Å². The molecule has 0 radical (unpaired) electrons. The Kier molecular flexibility index (Phi) is 7.98. The number of hydrogen-bond donors (Lipinski definition) is 1. The van der Waals surface area contributed by atoms with E-state index in [1.165, 1.54) is 16.7 Å². The summed E-state index contributed by atoms with van der Waals surface area (Å²) in [6, 6.07) is 8.10. The van der Waals surface area contributed by atoms with Gasteiger partial charge in [-0.2, -0.15) is 0 Å². The average Bonchev–Trinajstić information content (AvgIpc) is 2.79. The summed E-state index contributed by atoms with van der Waals surface area (Å²) in [5.74, 6) is -2.33. The number of nitrogens with zero attached hydrogens (tertiary/aromatic N) is 1. The highest BCUT2D eigenvalue weighted by molar-refractivity contribution is 8.03. The van der Waals surface area contributed by atoms with Crippen LogP contribution in [0.4, 0.5) is 0 Å². The highest BCUT2D eigenvalue weighted by atomic mass is 35.5. The van der Waals surface area contributed by atoms with E-state index in [4.69, 9.17) is 21.1 Å². The maximum atomic E-state index is 13.2. The fourth-order valence-corrected chi connectivity index (χ4v) is 4.58. The lowest BCUT2D eigenvalue weighted by atomic mass is 9.99. The predicted molar refractivity (Wildman–Crippen MR) is 119 cm³/mol. The molecule has 170 valence electrons. The Morgan fingerprint density at radius 2 is 1.91 bits per heavy atom. The average molecular weight is 479 g/mol. The molecular weight excluding hydrogens is 456 g/mol. The first-order valence-electron chi connectivity index (χ1n) is 10.0. The maximum Gasteiger partial charge on any atom is 0.355 e. The maximum absolute atomic E-state index is 13.2. The lowest BCUT2D eigenvalue weighted by Crippen LogP contribution is -2.53. The Morgan fingerprint density at radius 1 is 1.19 bits per heavy atom. The molecule has 1 N–H and O–H groups in total. The number of fused-ring (bicyclic) bond motifs is 1. The van der Waals surface area contributed by atoms with Crippen LogP contribution in [-0.2, 0) is 35.3 Å². The fraction of sp³-hybridized carbons (Fsp3) is 0.364. The molecule has 0 aliphatic carbocycles. The fourth-order valence-electron chi connectivity index (χ4n) is 3.36. The van der Waals surface area contributed by atoms with Gasteiger partial charge in [-0.15, -0.1) is 23.4 Å². The lowest BCUT2D eigenvalue weighted by Gasteiger charge is -2.38. The van der Waals surface area contributed by atoms with Crippen LogP contribution >= 0.6 is 23.4 Å². The Bertz CT molecular complexity index is 991. The summed E-state index contributed by atoms with van der Waals surface area (Å²) in [6.07, 6.45) is -0.0664. The Hall–Kier alpha value is -2.78. The van der Waals surface area contributed by atoms with Gasteiger partial charge in [0, 0.05) is 12.2 Å². The molecule has 10 heteroatoms. The number of thioether (sulfide) groups is 1. The molecule has 2 heterocycles. The number of benzene rings is 1. The zero-order valence-corrected chi connectivity index (χ0v) is 19.3. The van der Waals surface area contributed by atoms with Crippen LogP contribution in [0, 0.1) is 0 Å². The zero-order chi connectivity index (χ0) is 23.3. The molecule has 0 aromatic heterocycles. The summed E-state index contributed by atoms with van der Waals surface area (Å²) < 4.78 is 10.6. The number of carbonyl (C=O) groups is 4. The summed E-state index contributed by atoms with van der Waals surface area (Å²) in [6.45, 7) is 3.56. The normalized spacial score (nSPS) is 18.3. The third kappa shape index (κ3) is 5.16. The topological polar surface area (TPSA) is 102 Å². The first kappa shape index (κ1) is 23.9. The lowest BCUT2D eigenvalue weighted by molar-refractivity contribution is -0.145. The molecule has 2 amide bonds. The van der Waals surface area contributed by atoms with Crippen molar-refractivity contribution >= 4 is 47.1 Å². The summed E-state index contributed by atoms with van der Waals surface area (Å²) >= 11 is 6.85. The third-order valence-electron chi connectivity index (χ3n) is 4.83. The molecule has 32 heavy (non-hydrogen) atoms. The van der Waals surface area contributed by atoms with E-state index in [1.807, 2.05) is 30.3 Å². The van der Waals surface area contributed by atoms with Gasteiger partial charge in [-0.3, -0.25) is 14.5 Å². The van der Waals surface area contributed by atoms with Crippen LogP contribution in [0.5, 0.6) is 0 Å². The van der Waals surface area contributed by atoms with E-state index in [0.29, 0.717) is 16.4 Å². The highest BCUT2D eigenvalue weighted by Crippen LogP contribution is 2.41. The second-order valence-corrected chi connectivity index (χ2v) is 8.35. The smallest absolute Gasteiger partial charge is 0.355 e. The minimum absolute atomic E-state index is 0.0490. The molecule has 0 saturated heterocycles. The van der Waals surface area contributed by atoms with E-state index in [1.54, 1.807) is 13.8 Å². The first-order valence-corrected chi connectivity index (χ1v) is 11.5. The standard InChI is InChI=1S/C22H23ClN2O6S/c1-3-30-22(29)18-13(2)12-32-20-15(21(28)31-11-14-7-5-4-6-8-14)9-16(19(27)25(18)20)24-17(26)10-23/h4-8,16H,3,9-12H2,1-2H3,(H,24,26). The van der Waals surface area contributed by atoms with E-state index < -0.39 is 29.8 Å². The number of esters is 2. The van der Waals surface area contributed by atoms with E-state index in [-0.39, 0.29) is 36.8 Å². The van der Waals surface area contributed by atoms with Crippen molar-refractivity contribution in [1.29, 1.82) is 0 Å². The Balaban J connectivity index is 1.97. The highest BCUT2D eigenvalue weighted by Gasteiger charge is 2.44.